The molecule has 0 saturated carbocycles. The number of carboxylic acids is 1. The number of anilines is 1. The molecule has 1 saturated heterocycles. The Kier molecular flexibility index (Phi) is 3.96. The number of aromatic carboxylic acids is 1. The molecule has 3 N–H and O–H groups in total. The van der Waals surface area contributed by atoms with E-state index in [9.17, 15) is 23.9 Å². The number of hydrogen-bond acceptors (Lipinski definition) is 7. The first-order chi connectivity index (χ1) is 10.6. The lowest BCUT2D eigenvalue weighted by Crippen LogP contribution is -2.42. The Balaban J connectivity index is 2.30. The van der Waals surface area contributed by atoms with Crippen molar-refractivity contribution >= 4 is 23.6 Å². The summed E-state index contributed by atoms with van der Waals surface area (Å²) in [6.45, 7) is 2.75. The summed E-state index contributed by atoms with van der Waals surface area (Å²) in [5, 5.41) is 20.8. The molecule has 1 heterocycles. The van der Waals surface area contributed by atoms with Crippen LogP contribution in [0.2, 0.25) is 0 Å². The number of carbonyl (C=O) groups is 3. The Morgan fingerprint density at radius 1 is 1.26 bits per heavy atom. The second-order valence-corrected chi connectivity index (χ2v) is 5.04. The number of ether oxygens (including phenoxy) is 2. The van der Waals surface area contributed by atoms with Crippen LogP contribution in [0.3, 0.4) is 0 Å². The van der Waals surface area contributed by atoms with Gasteiger partial charge in [-0.25, -0.2) is 18.8 Å². The Morgan fingerprint density at radius 3 is 2.35 bits per heavy atom. The van der Waals surface area contributed by atoms with E-state index in [-0.39, 0.29) is 5.69 Å². The van der Waals surface area contributed by atoms with Crippen molar-refractivity contribution in [2.45, 2.75) is 19.6 Å². The first-order valence-corrected chi connectivity index (χ1v) is 6.30. The van der Waals surface area contributed by atoms with E-state index in [2.05, 4.69) is 5.32 Å². The summed E-state index contributed by atoms with van der Waals surface area (Å²) in [6.07, 6.45) is 0.874. The predicted molar refractivity (Wildman–Crippen MR) is 73.0 cm³/mol. The van der Waals surface area contributed by atoms with Crippen LogP contribution in [0.25, 0.3) is 0 Å². The van der Waals surface area contributed by atoms with Gasteiger partial charge in [-0.15, -0.1) is 0 Å². The molecule has 1 fully saturated rings. The van der Waals surface area contributed by atoms with Gasteiger partial charge >= 0.3 is 17.9 Å². The Morgan fingerprint density at radius 2 is 1.83 bits per heavy atom. The molecule has 23 heavy (non-hydrogen) atoms. The highest BCUT2D eigenvalue weighted by Gasteiger charge is 2.39. The topological polar surface area (TPSA) is 122 Å². The molecular formula is C14H12FNO7. The normalized spacial score (nSPS) is 16.4. The number of hydrogen-bond donors (Lipinski definition) is 3. The first kappa shape index (κ1) is 16.3. The molecule has 0 unspecified atom stereocenters. The van der Waals surface area contributed by atoms with Crippen molar-refractivity contribution in [1.82, 2.24) is 0 Å². The van der Waals surface area contributed by atoms with Crippen LogP contribution in [0.15, 0.2) is 23.9 Å². The summed E-state index contributed by atoms with van der Waals surface area (Å²) in [6, 6.07) is 1.40. The third-order valence-corrected chi connectivity index (χ3v) is 2.80. The van der Waals surface area contributed by atoms with Gasteiger partial charge < -0.3 is 25.0 Å². The van der Waals surface area contributed by atoms with Crippen molar-refractivity contribution in [3.63, 3.8) is 0 Å². The van der Waals surface area contributed by atoms with E-state index in [4.69, 9.17) is 14.6 Å². The van der Waals surface area contributed by atoms with E-state index in [1.807, 2.05) is 0 Å². The zero-order chi connectivity index (χ0) is 17.4. The number of phenolic OH excluding ortho intramolecular Hbond substituents is 1. The van der Waals surface area contributed by atoms with Crippen LogP contribution in [0.5, 0.6) is 5.75 Å². The highest BCUT2D eigenvalue weighted by Crippen LogP contribution is 2.28. The van der Waals surface area contributed by atoms with E-state index in [1.165, 1.54) is 13.8 Å². The van der Waals surface area contributed by atoms with E-state index in [0.717, 1.165) is 12.3 Å². The smallest absolute Gasteiger partial charge is 0.350 e. The quantitative estimate of drug-likeness (QED) is 0.329. The maximum atomic E-state index is 13.4. The molecule has 0 amide bonds. The largest absolute Gasteiger partial charge is 0.506 e. The van der Waals surface area contributed by atoms with Gasteiger partial charge in [0.25, 0.3) is 5.79 Å². The highest BCUT2D eigenvalue weighted by atomic mass is 19.1. The van der Waals surface area contributed by atoms with Crippen molar-refractivity contribution in [1.29, 1.82) is 0 Å². The molecule has 8 nitrogen and oxygen atoms in total. The molecule has 0 bridgehead atoms. The van der Waals surface area contributed by atoms with Gasteiger partial charge in [-0.05, 0) is 6.07 Å². The third-order valence-electron chi connectivity index (χ3n) is 2.80. The van der Waals surface area contributed by atoms with Crippen LogP contribution < -0.4 is 5.32 Å². The van der Waals surface area contributed by atoms with E-state index >= 15 is 0 Å². The molecule has 1 aromatic rings. The van der Waals surface area contributed by atoms with E-state index in [0.29, 0.717) is 6.07 Å². The zero-order valence-corrected chi connectivity index (χ0v) is 12.0. The van der Waals surface area contributed by atoms with Gasteiger partial charge in [-0.3, -0.25) is 0 Å². The highest BCUT2D eigenvalue weighted by molar-refractivity contribution is 6.15. The van der Waals surface area contributed by atoms with Crippen LogP contribution in [-0.4, -0.2) is 33.9 Å². The van der Waals surface area contributed by atoms with Crippen LogP contribution in [0.4, 0.5) is 10.1 Å². The van der Waals surface area contributed by atoms with E-state index < -0.39 is 46.4 Å². The monoisotopic (exact) mass is 325 g/mol. The average molecular weight is 325 g/mol. The molecule has 0 radical (unpaired) electrons. The molecule has 0 aliphatic carbocycles. The zero-order valence-electron chi connectivity index (χ0n) is 12.0. The average Bonchev–Trinajstić information content (AvgIpc) is 2.37. The number of cyclic esters (lactones) is 2. The number of benzene rings is 1. The summed E-state index contributed by atoms with van der Waals surface area (Å²) < 4.78 is 23.1. The van der Waals surface area contributed by atoms with E-state index in [1.54, 1.807) is 0 Å². The lowest BCUT2D eigenvalue weighted by Gasteiger charge is -2.29. The van der Waals surface area contributed by atoms with Crippen molar-refractivity contribution in [2.75, 3.05) is 5.32 Å². The fourth-order valence-electron chi connectivity index (χ4n) is 1.77. The third kappa shape index (κ3) is 3.39. The van der Waals surface area contributed by atoms with Crippen molar-refractivity contribution in [3.05, 3.63) is 35.3 Å². The minimum atomic E-state index is -1.54. The summed E-state index contributed by atoms with van der Waals surface area (Å²) in [5.41, 5.74) is -1.41. The lowest BCUT2D eigenvalue weighted by atomic mass is 10.1. The number of halogens is 1. The standard InChI is InChI=1S/C14H12FNO7/c1-14(2)22-12(20)7(13(21)23-14)5-16-9-3-6(11(18)19)8(15)4-10(9)17/h3-5,16-17H,1-2H3,(H,18,19). The predicted octanol–water partition coefficient (Wildman–Crippen LogP) is 1.36. The van der Waals surface area contributed by atoms with Crippen LogP contribution in [-0.2, 0) is 19.1 Å². The number of carboxylic acid groups (broad SMARTS) is 1. The second kappa shape index (κ2) is 5.59. The number of nitrogens with one attached hydrogen (secondary N) is 1. The lowest BCUT2D eigenvalue weighted by molar-refractivity contribution is -0.222. The molecule has 0 atom stereocenters. The summed E-state index contributed by atoms with van der Waals surface area (Å²) >= 11 is 0. The molecule has 2 rings (SSSR count). The number of esters is 2. The van der Waals surface area contributed by atoms with Gasteiger partial charge in [0.05, 0.1) is 11.3 Å². The Labute approximate surface area is 129 Å². The molecule has 1 aliphatic heterocycles. The van der Waals surface area contributed by atoms with Crippen molar-refractivity contribution < 1.29 is 38.5 Å². The van der Waals surface area contributed by atoms with Crippen LogP contribution in [0.1, 0.15) is 24.2 Å². The SMILES string of the molecule is CC1(C)OC(=O)C(=CNc2cc(C(=O)O)c(F)cc2O)C(=O)O1. The minimum absolute atomic E-state index is 0.221. The van der Waals surface area contributed by atoms with Gasteiger partial charge in [-0.2, -0.15) is 0 Å². The molecule has 9 heteroatoms. The molecule has 122 valence electrons. The summed E-state index contributed by atoms with van der Waals surface area (Å²) in [5.74, 6) is -6.61. The number of aromatic hydroxyl groups is 1. The van der Waals surface area contributed by atoms with Gasteiger partial charge in [-0.1, -0.05) is 0 Å². The number of carbonyl (C=O) groups excluding carboxylic acids is 2. The van der Waals surface area contributed by atoms with Gasteiger partial charge in [0, 0.05) is 26.1 Å². The van der Waals surface area contributed by atoms with Crippen molar-refractivity contribution in [3.8, 4) is 5.75 Å². The van der Waals surface area contributed by atoms with Gasteiger partial charge in [0.15, 0.2) is 5.57 Å². The molecule has 1 aliphatic rings. The first-order valence-electron chi connectivity index (χ1n) is 6.30. The maximum Gasteiger partial charge on any atom is 0.350 e. The van der Waals surface area contributed by atoms with Crippen LogP contribution in [0, 0.1) is 5.82 Å². The molecule has 0 spiro atoms. The van der Waals surface area contributed by atoms with Crippen molar-refractivity contribution in [2.24, 2.45) is 0 Å². The minimum Gasteiger partial charge on any atom is -0.506 e. The van der Waals surface area contributed by atoms with Crippen LogP contribution >= 0.6 is 0 Å². The Hall–Kier alpha value is -3.10. The number of phenols is 1. The van der Waals surface area contributed by atoms with Gasteiger partial charge in [0.2, 0.25) is 0 Å². The Bertz CT molecular complexity index is 717. The molecule has 0 aromatic heterocycles. The fraction of sp³-hybridized carbons (Fsp3) is 0.214. The molecular weight excluding hydrogens is 313 g/mol. The summed E-state index contributed by atoms with van der Waals surface area (Å²) in [4.78, 5) is 34.3. The molecule has 1 aromatic carbocycles. The summed E-state index contributed by atoms with van der Waals surface area (Å²) in [7, 11) is 0. The second-order valence-electron chi connectivity index (χ2n) is 5.04. The number of rotatable bonds is 3. The maximum absolute atomic E-state index is 13.4. The van der Waals surface area contributed by atoms with Gasteiger partial charge in [0.1, 0.15) is 11.6 Å². The fourth-order valence-corrected chi connectivity index (χ4v) is 1.77.